The molecule has 0 unspecified atom stereocenters. The molecule has 0 aliphatic heterocycles. The molecule has 0 fully saturated rings. The van der Waals surface area contributed by atoms with Crippen LogP contribution in [-0.4, -0.2) is 31.6 Å². The summed E-state index contributed by atoms with van der Waals surface area (Å²) in [6.45, 7) is 3.24. The summed E-state index contributed by atoms with van der Waals surface area (Å²) in [5, 5.41) is 0.300. The van der Waals surface area contributed by atoms with Crippen LogP contribution in [0, 0.1) is 0 Å². The van der Waals surface area contributed by atoms with Crippen LogP contribution in [0.4, 0.5) is 0 Å². The van der Waals surface area contributed by atoms with Crippen LogP contribution in [0.15, 0.2) is 48.5 Å². The number of hydrogen-bond donors (Lipinski definition) is 2. The SMILES string of the molecule is CCOCCOc1ccccc1C(=O)NNC(=O)c1ccccc1Cl. The van der Waals surface area contributed by atoms with Crippen LogP contribution < -0.4 is 15.6 Å². The van der Waals surface area contributed by atoms with E-state index in [2.05, 4.69) is 10.9 Å². The molecule has 0 heterocycles. The summed E-state index contributed by atoms with van der Waals surface area (Å²) in [4.78, 5) is 24.4. The summed E-state index contributed by atoms with van der Waals surface area (Å²) in [6.07, 6.45) is 0. The molecule has 0 spiro atoms. The van der Waals surface area contributed by atoms with Gasteiger partial charge in [-0.1, -0.05) is 35.9 Å². The van der Waals surface area contributed by atoms with Gasteiger partial charge in [0.15, 0.2) is 0 Å². The first-order valence-electron chi connectivity index (χ1n) is 7.78. The molecule has 2 aromatic rings. The van der Waals surface area contributed by atoms with Crippen LogP contribution in [0.1, 0.15) is 27.6 Å². The number of benzene rings is 2. The molecule has 7 heteroatoms. The zero-order chi connectivity index (χ0) is 18.1. The second-order valence-electron chi connectivity index (χ2n) is 4.93. The fraction of sp³-hybridized carbons (Fsp3) is 0.222. The van der Waals surface area contributed by atoms with Crippen molar-refractivity contribution in [1.29, 1.82) is 0 Å². The summed E-state index contributed by atoms with van der Waals surface area (Å²) >= 11 is 5.95. The van der Waals surface area contributed by atoms with E-state index in [1.807, 2.05) is 6.92 Å². The summed E-state index contributed by atoms with van der Waals surface area (Å²) in [6, 6.07) is 13.3. The Bertz CT molecular complexity index is 737. The summed E-state index contributed by atoms with van der Waals surface area (Å²) < 4.78 is 10.8. The molecule has 0 bridgehead atoms. The minimum atomic E-state index is -0.506. The van der Waals surface area contributed by atoms with Crippen molar-refractivity contribution in [2.45, 2.75) is 6.92 Å². The molecule has 0 radical (unpaired) electrons. The number of amides is 2. The van der Waals surface area contributed by atoms with Gasteiger partial charge in [0.2, 0.25) is 0 Å². The van der Waals surface area contributed by atoms with Gasteiger partial charge in [-0.15, -0.1) is 0 Å². The predicted molar refractivity (Wildman–Crippen MR) is 94.8 cm³/mol. The second kappa shape index (κ2) is 9.66. The highest BCUT2D eigenvalue weighted by Gasteiger charge is 2.14. The Morgan fingerprint density at radius 3 is 2.20 bits per heavy atom. The highest BCUT2D eigenvalue weighted by atomic mass is 35.5. The van der Waals surface area contributed by atoms with E-state index in [9.17, 15) is 9.59 Å². The van der Waals surface area contributed by atoms with E-state index >= 15 is 0 Å². The van der Waals surface area contributed by atoms with Crippen molar-refractivity contribution in [2.24, 2.45) is 0 Å². The van der Waals surface area contributed by atoms with Crippen molar-refractivity contribution in [3.05, 3.63) is 64.7 Å². The Hall–Kier alpha value is -2.57. The zero-order valence-electron chi connectivity index (χ0n) is 13.8. The van der Waals surface area contributed by atoms with Crippen LogP contribution in [-0.2, 0) is 4.74 Å². The monoisotopic (exact) mass is 362 g/mol. The maximum Gasteiger partial charge on any atom is 0.273 e. The normalized spacial score (nSPS) is 10.2. The standard InChI is InChI=1S/C18H19ClN2O4/c1-2-24-11-12-25-16-10-6-4-8-14(16)18(23)21-20-17(22)13-7-3-5-9-15(13)19/h3-10H,2,11-12H2,1H3,(H,20,22)(H,21,23). The number of rotatable bonds is 7. The first-order valence-corrected chi connectivity index (χ1v) is 8.16. The van der Waals surface area contributed by atoms with Gasteiger partial charge in [-0.25, -0.2) is 0 Å². The quantitative estimate of drug-likeness (QED) is 0.586. The zero-order valence-corrected chi connectivity index (χ0v) is 14.5. The first-order chi connectivity index (χ1) is 12.1. The Labute approximate surface area is 151 Å². The van der Waals surface area contributed by atoms with Crippen molar-refractivity contribution in [3.8, 4) is 5.75 Å². The molecule has 0 aliphatic rings. The third-order valence-electron chi connectivity index (χ3n) is 3.23. The van der Waals surface area contributed by atoms with Gasteiger partial charge in [0.25, 0.3) is 11.8 Å². The fourth-order valence-electron chi connectivity index (χ4n) is 2.03. The van der Waals surface area contributed by atoms with Gasteiger partial charge in [-0.05, 0) is 31.2 Å². The van der Waals surface area contributed by atoms with Crippen LogP contribution >= 0.6 is 11.6 Å². The second-order valence-corrected chi connectivity index (χ2v) is 5.34. The molecule has 2 amide bonds. The van der Waals surface area contributed by atoms with Crippen LogP contribution in [0.5, 0.6) is 5.75 Å². The lowest BCUT2D eigenvalue weighted by atomic mass is 10.2. The average Bonchev–Trinajstić information content (AvgIpc) is 2.64. The molecule has 0 aliphatic carbocycles. The van der Waals surface area contributed by atoms with E-state index in [1.54, 1.807) is 48.5 Å². The molecule has 2 N–H and O–H groups in total. The van der Waals surface area contributed by atoms with Crippen molar-refractivity contribution < 1.29 is 19.1 Å². The van der Waals surface area contributed by atoms with Crippen molar-refractivity contribution in [2.75, 3.05) is 19.8 Å². The number of halogens is 1. The van der Waals surface area contributed by atoms with E-state index in [4.69, 9.17) is 21.1 Å². The predicted octanol–water partition coefficient (Wildman–Crippen LogP) is 2.83. The maximum absolute atomic E-state index is 12.3. The van der Waals surface area contributed by atoms with Crippen molar-refractivity contribution >= 4 is 23.4 Å². The molecule has 0 saturated carbocycles. The number of para-hydroxylation sites is 1. The third kappa shape index (κ3) is 5.48. The smallest absolute Gasteiger partial charge is 0.273 e. The van der Waals surface area contributed by atoms with Gasteiger partial charge in [0.05, 0.1) is 22.8 Å². The largest absolute Gasteiger partial charge is 0.490 e. The molecule has 25 heavy (non-hydrogen) atoms. The number of hydrogen-bond acceptors (Lipinski definition) is 4. The molecule has 132 valence electrons. The molecule has 6 nitrogen and oxygen atoms in total. The molecule has 2 aromatic carbocycles. The van der Waals surface area contributed by atoms with Gasteiger partial charge >= 0.3 is 0 Å². The Balaban J connectivity index is 1.96. The van der Waals surface area contributed by atoms with E-state index in [0.29, 0.717) is 36.2 Å². The number of carbonyl (C=O) groups excluding carboxylic acids is 2. The highest BCUT2D eigenvalue weighted by Crippen LogP contribution is 2.18. The van der Waals surface area contributed by atoms with E-state index in [0.717, 1.165) is 0 Å². The lowest BCUT2D eigenvalue weighted by Crippen LogP contribution is -2.41. The minimum absolute atomic E-state index is 0.269. The van der Waals surface area contributed by atoms with Crippen LogP contribution in [0.2, 0.25) is 5.02 Å². The van der Waals surface area contributed by atoms with Gasteiger partial charge < -0.3 is 9.47 Å². The molecule has 0 saturated heterocycles. The van der Waals surface area contributed by atoms with Gasteiger partial charge in [-0.3, -0.25) is 20.4 Å². The van der Waals surface area contributed by atoms with Gasteiger partial charge in [0.1, 0.15) is 12.4 Å². The number of nitrogens with one attached hydrogen (secondary N) is 2. The molecular weight excluding hydrogens is 344 g/mol. The average molecular weight is 363 g/mol. The lowest BCUT2D eigenvalue weighted by Gasteiger charge is -2.12. The number of hydrazine groups is 1. The Morgan fingerprint density at radius 2 is 1.52 bits per heavy atom. The van der Waals surface area contributed by atoms with E-state index < -0.39 is 11.8 Å². The minimum Gasteiger partial charge on any atom is -0.490 e. The van der Waals surface area contributed by atoms with E-state index in [1.165, 1.54) is 0 Å². The summed E-state index contributed by atoms with van der Waals surface area (Å²) in [7, 11) is 0. The first kappa shape index (κ1) is 18.8. The van der Waals surface area contributed by atoms with E-state index in [-0.39, 0.29) is 5.56 Å². The van der Waals surface area contributed by atoms with Crippen molar-refractivity contribution in [3.63, 3.8) is 0 Å². The summed E-state index contributed by atoms with van der Waals surface area (Å²) in [5.74, 6) is -0.590. The Morgan fingerprint density at radius 1 is 0.920 bits per heavy atom. The summed E-state index contributed by atoms with van der Waals surface area (Å²) in [5.41, 5.74) is 5.27. The van der Waals surface area contributed by atoms with Gasteiger partial charge in [-0.2, -0.15) is 0 Å². The molecule has 0 aromatic heterocycles. The number of ether oxygens (including phenoxy) is 2. The third-order valence-corrected chi connectivity index (χ3v) is 3.56. The molecular formula is C18H19ClN2O4. The highest BCUT2D eigenvalue weighted by molar-refractivity contribution is 6.33. The van der Waals surface area contributed by atoms with Crippen LogP contribution in [0.3, 0.4) is 0 Å². The lowest BCUT2D eigenvalue weighted by molar-refractivity contribution is 0.0840. The molecule has 2 rings (SSSR count). The van der Waals surface area contributed by atoms with Gasteiger partial charge in [0, 0.05) is 6.61 Å². The topological polar surface area (TPSA) is 76.7 Å². The fourth-order valence-corrected chi connectivity index (χ4v) is 2.25. The van der Waals surface area contributed by atoms with Crippen LogP contribution in [0.25, 0.3) is 0 Å². The maximum atomic E-state index is 12.3. The number of carbonyl (C=O) groups is 2. The van der Waals surface area contributed by atoms with Crippen molar-refractivity contribution in [1.82, 2.24) is 10.9 Å². The Kier molecular flexibility index (Phi) is 7.25. The molecule has 0 atom stereocenters.